The van der Waals surface area contributed by atoms with Crippen LogP contribution in [0, 0.1) is 0 Å². The molecule has 0 atom stereocenters. The minimum absolute atomic E-state index is 0.247. The van der Waals surface area contributed by atoms with Gasteiger partial charge in [-0.05, 0) is 0 Å². The van der Waals surface area contributed by atoms with Crippen molar-refractivity contribution in [2.24, 2.45) is 0 Å². The molecule has 0 bridgehead atoms. The van der Waals surface area contributed by atoms with Gasteiger partial charge in [-0.2, -0.15) is 0 Å². The number of allylic oxidation sites excluding steroid dienone is 4. The van der Waals surface area contributed by atoms with Gasteiger partial charge in [0.05, 0.1) is 0 Å². The van der Waals surface area contributed by atoms with Gasteiger partial charge in [-0.25, -0.2) is 0 Å². The molecule has 9 heavy (non-hydrogen) atoms. The maximum absolute atomic E-state index is 10.9. The van der Waals surface area contributed by atoms with E-state index in [9.17, 15) is 4.79 Å². The zero-order valence-electron chi connectivity index (χ0n) is 5.18. The summed E-state index contributed by atoms with van der Waals surface area (Å²) in [6, 6.07) is 0. The molecule has 0 heterocycles. The molecule has 1 nitrogen and oxygen atoms in total. The molecule has 1 aliphatic rings. The molecular formula is C7H8CoO. The Morgan fingerprint density at radius 3 is 3.00 bits per heavy atom. The van der Waals surface area contributed by atoms with E-state index in [1.54, 1.807) is 0 Å². The van der Waals surface area contributed by atoms with Gasteiger partial charge in [0.2, 0.25) is 0 Å². The number of carbonyl (C=O) groups is 1. The van der Waals surface area contributed by atoms with Gasteiger partial charge < -0.3 is 0 Å². The third kappa shape index (κ3) is 1.53. The van der Waals surface area contributed by atoms with Crippen LogP contribution in [-0.2, 0) is 19.5 Å². The van der Waals surface area contributed by atoms with Gasteiger partial charge in [0.15, 0.2) is 0 Å². The summed E-state index contributed by atoms with van der Waals surface area (Å²) in [4.78, 5) is 10.9. The molecule has 1 aliphatic carbocycles. The summed E-state index contributed by atoms with van der Waals surface area (Å²) in [7, 11) is 0. The number of rotatable bonds is 2. The second-order valence-corrected chi connectivity index (χ2v) is 2.74. The zero-order valence-corrected chi connectivity index (χ0v) is 6.22. The molecule has 0 aromatic carbocycles. The molecule has 51 valence electrons. The minimum atomic E-state index is 0.247. The van der Waals surface area contributed by atoms with Crippen molar-refractivity contribution >= 4 is 4.72 Å². The average molecular weight is 167 g/mol. The molecule has 0 N–H and O–H groups in total. The number of carbonyl (C=O) groups excluding carboxylic acids is 1. The molecule has 0 unspecified atom stereocenters. The molecule has 0 fully saturated rings. The monoisotopic (exact) mass is 167 g/mol. The van der Waals surface area contributed by atoms with Crippen LogP contribution in [-0.4, -0.2) is 4.72 Å². The van der Waals surface area contributed by atoms with Crippen molar-refractivity contribution in [3.8, 4) is 0 Å². The Hall–Kier alpha value is -0.344. The summed E-state index contributed by atoms with van der Waals surface area (Å²) in [5.41, 5.74) is 0.942. The summed E-state index contributed by atoms with van der Waals surface area (Å²) in [6.07, 6.45) is 6.65. The molecule has 0 aromatic heterocycles. The van der Waals surface area contributed by atoms with E-state index < -0.39 is 0 Å². The van der Waals surface area contributed by atoms with Crippen LogP contribution < -0.4 is 0 Å². The average Bonchev–Trinajstić information content (AvgIpc) is 2.37. The second-order valence-electron chi connectivity index (χ2n) is 1.74. The van der Waals surface area contributed by atoms with E-state index in [-0.39, 0.29) is 4.72 Å². The van der Waals surface area contributed by atoms with E-state index in [2.05, 4.69) is 0 Å². The van der Waals surface area contributed by atoms with Crippen molar-refractivity contribution in [2.75, 3.05) is 0 Å². The first-order valence-electron chi connectivity index (χ1n) is 2.67. The van der Waals surface area contributed by atoms with Gasteiger partial charge in [-0.15, -0.1) is 0 Å². The molecule has 0 aliphatic heterocycles. The van der Waals surface area contributed by atoms with Crippen molar-refractivity contribution in [2.45, 2.75) is 12.3 Å². The Bertz CT molecular complexity index is 179. The second kappa shape index (κ2) is 2.99. The van der Waals surface area contributed by atoms with Crippen LogP contribution in [0.1, 0.15) is 6.42 Å². The molecule has 1 rings (SSSR count). The Morgan fingerprint density at radius 2 is 2.56 bits per heavy atom. The molecule has 0 saturated heterocycles. The van der Waals surface area contributed by atoms with Crippen molar-refractivity contribution in [1.29, 1.82) is 0 Å². The predicted octanol–water partition coefficient (Wildman–Crippen LogP) is 1.53. The van der Waals surface area contributed by atoms with Gasteiger partial charge >= 0.3 is 60.3 Å². The molecule has 0 aromatic rings. The predicted molar refractivity (Wildman–Crippen MR) is 32.7 cm³/mol. The third-order valence-electron chi connectivity index (χ3n) is 1.16. The molecule has 0 spiro atoms. The van der Waals surface area contributed by atoms with E-state index in [0.717, 1.165) is 26.7 Å². The van der Waals surface area contributed by atoms with Crippen LogP contribution in [0.25, 0.3) is 0 Å². The standard InChI is InChI=1S/C6H5O.CH3.Co/c7-5-6-3-1-2-4-6;;/h1-3H,4H2;1H3;. The van der Waals surface area contributed by atoms with Crippen LogP contribution in [0.4, 0.5) is 0 Å². The van der Waals surface area contributed by atoms with E-state index in [1.807, 2.05) is 24.1 Å². The van der Waals surface area contributed by atoms with Gasteiger partial charge in [0.25, 0.3) is 0 Å². The molecule has 0 saturated carbocycles. The van der Waals surface area contributed by atoms with Gasteiger partial charge in [-0.3, -0.25) is 0 Å². The van der Waals surface area contributed by atoms with Crippen LogP contribution in [0.2, 0.25) is 5.86 Å². The van der Waals surface area contributed by atoms with Crippen LogP contribution in [0.3, 0.4) is 0 Å². The quantitative estimate of drug-likeness (QED) is 0.609. The summed E-state index contributed by atoms with van der Waals surface area (Å²) >= 11 is 0.873. The molecular weight excluding hydrogens is 159 g/mol. The first-order chi connectivity index (χ1) is 4.34. The first kappa shape index (κ1) is 6.77. The van der Waals surface area contributed by atoms with Gasteiger partial charge in [0.1, 0.15) is 0 Å². The fraction of sp³-hybridized carbons (Fsp3) is 0.286. The Kier molecular flexibility index (Phi) is 2.25. The van der Waals surface area contributed by atoms with Gasteiger partial charge in [0, 0.05) is 0 Å². The number of hydrogen-bond donors (Lipinski definition) is 0. The maximum atomic E-state index is 10.9. The summed E-state index contributed by atoms with van der Waals surface area (Å²) in [6.45, 7) is 0. The molecule has 0 amide bonds. The van der Waals surface area contributed by atoms with E-state index >= 15 is 0 Å². The van der Waals surface area contributed by atoms with Crippen molar-refractivity contribution in [3.05, 3.63) is 23.8 Å². The molecule has 0 radical (unpaired) electrons. The fourth-order valence-corrected chi connectivity index (χ4v) is 1.22. The third-order valence-corrected chi connectivity index (χ3v) is 1.97. The Balaban J connectivity index is 2.55. The number of hydrogen-bond acceptors (Lipinski definition) is 1. The van der Waals surface area contributed by atoms with Crippen molar-refractivity contribution in [1.82, 2.24) is 0 Å². The SMILES string of the molecule is [CH3][Co][C](=O)C1=CC=CC1. The zero-order chi connectivity index (χ0) is 6.69. The first-order valence-corrected chi connectivity index (χ1v) is 4.23. The van der Waals surface area contributed by atoms with Crippen LogP contribution in [0.5, 0.6) is 0 Å². The Morgan fingerprint density at radius 1 is 1.78 bits per heavy atom. The normalized spacial score (nSPS) is 16.3. The van der Waals surface area contributed by atoms with Crippen LogP contribution in [0.15, 0.2) is 23.8 Å². The van der Waals surface area contributed by atoms with E-state index in [1.165, 1.54) is 0 Å². The summed E-state index contributed by atoms with van der Waals surface area (Å²) < 4.78 is 0.247. The Labute approximate surface area is 60.8 Å². The summed E-state index contributed by atoms with van der Waals surface area (Å²) in [5, 5.41) is 0. The van der Waals surface area contributed by atoms with Crippen LogP contribution >= 0.6 is 0 Å². The van der Waals surface area contributed by atoms with Crippen molar-refractivity contribution in [3.63, 3.8) is 0 Å². The molecule has 2 heteroatoms. The van der Waals surface area contributed by atoms with E-state index in [0.29, 0.717) is 0 Å². The van der Waals surface area contributed by atoms with Gasteiger partial charge in [-0.1, -0.05) is 0 Å². The fourth-order valence-electron chi connectivity index (χ4n) is 0.692. The summed E-state index contributed by atoms with van der Waals surface area (Å²) in [5.74, 6) is 1.86. The van der Waals surface area contributed by atoms with Crippen molar-refractivity contribution < 1.29 is 19.5 Å². The topological polar surface area (TPSA) is 17.1 Å². The van der Waals surface area contributed by atoms with E-state index in [4.69, 9.17) is 0 Å².